The minimum absolute atomic E-state index is 0.0651. The zero-order chi connectivity index (χ0) is 13.9. The number of nitrogens with two attached hydrogens (primary N) is 2. The van der Waals surface area contributed by atoms with E-state index in [9.17, 15) is 9.59 Å². The van der Waals surface area contributed by atoms with Crippen LogP contribution in [0.1, 0.15) is 24.2 Å². The van der Waals surface area contributed by atoms with Crippen molar-refractivity contribution in [1.29, 1.82) is 0 Å². The van der Waals surface area contributed by atoms with Crippen LogP contribution in [0.2, 0.25) is 0 Å². The van der Waals surface area contributed by atoms with Gasteiger partial charge in [-0.3, -0.25) is 4.79 Å². The van der Waals surface area contributed by atoms with Crippen molar-refractivity contribution >= 4 is 23.3 Å². The maximum absolute atomic E-state index is 11.2. The third-order valence-corrected chi connectivity index (χ3v) is 2.70. The number of hydrogen-bond donors (Lipinski definition) is 4. The highest BCUT2D eigenvalue weighted by atomic mass is 16.4. The van der Waals surface area contributed by atoms with Crippen LogP contribution in [-0.2, 0) is 4.79 Å². The third-order valence-electron chi connectivity index (χ3n) is 2.70. The zero-order valence-electron chi connectivity index (χ0n) is 10.4. The van der Waals surface area contributed by atoms with E-state index in [2.05, 4.69) is 5.32 Å². The molecule has 0 aromatic heterocycles. The Bertz CT molecular complexity index is 483. The molecular formula is C12H17N3O3. The fraction of sp³-hybridized carbons (Fsp3) is 0.333. The molecule has 6 N–H and O–H groups in total. The lowest BCUT2D eigenvalue weighted by molar-refractivity contribution is -0.125. The first-order valence-electron chi connectivity index (χ1n) is 5.41. The van der Waals surface area contributed by atoms with E-state index in [1.165, 1.54) is 6.07 Å². The molecule has 6 heteroatoms. The molecule has 0 saturated carbocycles. The number of carboxylic acid groups (broad SMARTS) is 1. The Morgan fingerprint density at radius 3 is 2.50 bits per heavy atom. The van der Waals surface area contributed by atoms with E-state index >= 15 is 0 Å². The molecule has 0 aliphatic rings. The third kappa shape index (κ3) is 2.91. The van der Waals surface area contributed by atoms with E-state index in [0.717, 1.165) is 0 Å². The fourth-order valence-electron chi connectivity index (χ4n) is 1.34. The number of anilines is 2. The van der Waals surface area contributed by atoms with Crippen molar-refractivity contribution in [3.8, 4) is 0 Å². The standard InChI is InChI=1S/C12H17N3O3/c1-12(2,11(14)18)6-15-9-7(10(16)17)4-3-5-8(9)13/h3-5,15H,6,13H2,1-2H3,(H2,14,18)(H,16,17). The van der Waals surface area contributed by atoms with Gasteiger partial charge in [0.15, 0.2) is 0 Å². The van der Waals surface area contributed by atoms with Crippen LogP contribution in [0.15, 0.2) is 18.2 Å². The molecule has 1 aromatic rings. The van der Waals surface area contributed by atoms with E-state index in [1.807, 2.05) is 0 Å². The minimum atomic E-state index is -1.08. The van der Waals surface area contributed by atoms with Crippen LogP contribution in [0.25, 0.3) is 0 Å². The molecule has 1 rings (SSSR count). The van der Waals surface area contributed by atoms with Crippen LogP contribution in [0.4, 0.5) is 11.4 Å². The SMILES string of the molecule is CC(C)(CNc1c(N)cccc1C(=O)O)C(N)=O. The highest BCUT2D eigenvalue weighted by Gasteiger charge is 2.25. The number of primary amides is 1. The molecule has 18 heavy (non-hydrogen) atoms. The summed E-state index contributed by atoms with van der Waals surface area (Å²) >= 11 is 0. The Morgan fingerprint density at radius 2 is 2.00 bits per heavy atom. The van der Waals surface area contributed by atoms with Crippen molar-refractivity contribution < 1.29 is 14.7 Å². The average Bonchev–Trinajstić information content (AvgIpc) is 2.26. The van der Waals surface area contributed by atoms with Crippen LogP contribution in [0.5, 0.6) is 0 Å². The van der Waals surface area contributed by atoms with Crippen molar-refractivity contribution in [3.63, 3.8) is 0 Å². The number of carbonyl (C=O) groups excluding carboxylic acids is 1. The van der Waals surface area contributed by atoms with Gasteiger partial charge in [-0.05, 0) is 26.0 Å². The summed E-state index contributed by atoms with van der Waals surface area (Å²) in [5.41, 5.74) is 10.9. The van der Waals surface area contributed by atoms with E-state index < -0.39 is 17.3 Å². The number of carbonyl (C=O) groups is 2. The van der Waals surface area contributed by atoms with Crippen LogP contribution in [0, 0.1) is 5.41 Å². The number of amides is 1. The number of aromatic carboxylic acids is 1. The Balaban J connectivity index is 2.98. The summed E-state index contributed by atoms with van der Waals surface area (Å²) in [5, 5.41) is 11.9. The van der Waals surface area contributed by atoms with Gasteiger partial charge in [-0.2, -0.15) is 0 Å². The lowest BCUT2D eigenvalue weighted by Gasteiger charge is -2.22. The summed E-state index contributed by atoms with van der Waals surface area (Å²) in [6.45, 7) is 3.54. The fourth-order valence-corrected chi connectivity index (χ4v) is 1.34. The Kier molecular flexibility index (Phi) is 3.80. The number of benzene rings is 1. The molecule has 1 amide bonds. The number of nitrogen functional groups attached to an aromatic ring is 1. The van der Waals surface area contributed by atoms with Crippen LogP contribution >= 0.6 is 0 Å². The number of nitrogens with one attached hydrogen (secondary N) is 1. The highest BCUT2D eigenvalue weighted by molar-refractivity contribution is 5.97. The average molecular weight is 251 g/mol. The molecule has 0 aliphatic heterocycles. The van der Waals surface area contributed by atoms with Gasteiger partial charge >= 0.3 is 5.97 Å². The predicted octanol–water partition coefficient (Wildman–Crippen LogP) is 0.890. The molecule has 0 heterocycles. The van der Waals surface area contributed by atoms with E-state index in [1.54, 1.807) is 26.0 Å². The lowest BCUT2D eigenvalue weighted by atomic mass is 9.92. The van der Waals surface area contributed by atoms with Crippen molar-refractivity contribution in [2.24, 2.45) is 11.1 Å². The van der Waals surface area contributed by atoms with Crippen molar-refractivity contribution in [2.45, 2.75) is 13.8 Å². The van der Waals surface area contributed by atoms with Crippen LogP contribution in [-0.4, -0.2) is 23.5 Å². The number of hydrogen-bond acceptors (Lipinski definition) is 4. The second kappa shape index (κ2) is 4.95. The topological polar surface area (TPSA) is 118 Å². The van der Waals surface area contributed by atoms with Crippen molar-refractivity contribution in [3.05, 3.63) is 23.8 Å². The Labute approximate surface area is 105 Å². The van der Waals surface area contributed by atoms with Gasteiger partial charge in [0, 0.05) is 6.54 Å². The highest BCUT2D eigenvalue weighted by Crippen LogP contribution is 2.25. The smallest absolute Gasteiger partial charge is 0.337 e. The number of para-hydroxylation sites is 1. The molecule has 0 unspecified atom stereocenters. The second-order valence-electron chi connectivity index (χ2n) is 4.68. The summed E-state index contributed by atoms with van der Waals surface area (Å²) in [6.07, 6.45) is 0. The van der Waals surface area contributed by atoms with E-state index in [-0.39, 0.29) is 12.1 Å². The van der Waals surface area contributed by atoms with Crippen molar-refractivity contribution in [2.75, 3.05) is 17.6 Å². The second-order valence-corrected chi connectivity index (χ2v) is 4.68. The first-order valence-corrected chi connectivity index (χ1v) is 5.41. The minimum Gasteiger partial charge on any atom is -0.478 e. The zero-order valence-corrected chi connectivity index (χ0v) is 10.4. The van der Waals surface area contributed by atoms with Gasteiger partial charge in [-0.1, -0.05) is 6.07 Å². The maximum Gasteiger partial charge on any atom is 0.337 e. The van der Waals surface area contributed by atoms with E-state index in [4.69, 9.17) is 16.6 Å². The van der Waals surface area contributed by atoms with Crippen LogP contribution in [0.3, 0.4) is 0 Å². The van der Waals surface area contributed by atoms with Gasteiger partial charge in [0.25, 0.3) is 0 Å². The van der Waals surface area contributed by atoms with Crippen molar-refractivity contribution in [1.82, 2.24) is 0 Å². The molecular weight excluding hydrogens is 234 g/mol. The summed E-state index contributed by atoms with van der Waals surface area (Å²) in [7, 11) is 0. The van der Waals surface area contributed by atoms with Gasteiger partial charge < -0.3 is 21.9 Å². The normalized spacial score (nSPS) is 11.0. The molecule has 0 aliphatic carbocycles. The predicted molar refractivity (Wildman–Crippen MR) is 69.3 cm³/mol. The molecule has 0 saturated heterocycles. The molecule has 0 atom stereocenters. The molecule has 0 bridgehead atoms. The first kappa shape index (κ1) is 13.8. The van der Waals surface area contributed by atoms with Crippen LogP contribution < -0.4 is 16.8 Å². The summed E-state index contributed by atoms with van der Waals surface area (Å²) in [4.78, 5) is 22.2. The monoisotopic (exact) mass is 251 g/mol. The molecule has 98 valence electrons. The molecule has 0 spiro atoms. The largest absolute Gasteiger partial charge is 0.478 e. The van der Waals surface area contributed by atoms with E-state index in [0.29, 0.717) is 11.4 Å². The summed E-state index contributed by atoms with van der Waals surface area (Å²) in [5.74, 6) is -1.55. The summed E-state index contributed by atoms with van der Waals surface area (Å²) in [6, 6.07) is 4.59. The Hall–Kier alpha value is -2.24. The maximum atomic E-state index is 11.2. The quantitative estimate of drug-likeness (QED) is 0.579. The van der Waals surface area contributed by atoms with Gasteiger partial charge in [-0.25, -0.2) is 4.79 Å². The molecule has 6 nitrogen and oxygen atoms in total. The number of carboxylic acids is 1. The van der Waals surface area contributed by atoms with Gasteiger partial charge in [0.05, 0.1) is 22.4 Å². The molecule has 0 fully saturated rings. The number of rotatable bonds is 5. The molecule has 0 radical (unpaired) electrons. The first-order chi connectivity index (χ1) is 8.25. The van der Waals surface area contributed by atoms with Gasteiger partial charge in [0.1, 0.15) is 0 Å². The van der Waals surface area contributed by atoms with Gasteiger partial charge in [-0.15, -0.1) is 0 Å². The summed E-state index contributed by atoms with van der Waals surface area (Å²) < 4.78 is 0. The molecule has 1 aromatic carbocycles. The van der Waals surface area contributed by atoms with Gasteiger partial charge in [0.2, 0.25) is 5.91 Å². The Morgan fingerprint density at radius 1 is 1.39 bits per heavy atom. The lowest BCUT2D eigenvalue weighted by Crippen LogP contribution is -2.37.